The highest BCUT2D eigenvalue weighted by atomic mass is 16.7. The van der Waals surface area contributed by atoms with Gasteiger partial charge in [0.15, 0.2) is 18.1 Å². The third-order valence-corrected chi connectivity index (χ3v) is 3.58. The largest absolute Gasteiger partial charge is 0.497 e. The molecule has 136 valence electrons. The van der Waals surface area contributed by atoms with Gasteiger partial charge in [-0.15, -0.1) is 0 Å². The van der Waals surface area contributed by atoms with Gasteiger partial charge in [-0.25, -0.2) is 4.79 Å². The van der Waals surface area contributed by atoms with Gasteiger partial charge in [-0.05, 0) is 18.2 Å². The third kappa shape index (κ3) is 3.97. The molecule has 0 saturated heterocycles. The molecule has 2 aromatic rings. The zero-order chi connectivity index (χ0) is 18.5. The summed E-state index contributed by atoms with van der Waals surface area (Å²) in [5.74, 6) is 0.948. The first kappa shape index (κ1) is 17.4. The number of hydrogen-bond acceptors (Lipinski definition) is 7. The Kier molecular flexibility index (Phi) is 5.12. The molecule has 1 heterocycles. The molecule has 0 unspecified atom stereocenters. The molecule has 0 fully saturated rings. The Hall–Kier alpha value is -3.42. The van der Waals surface area contributed by atoms with Crippen molar-refractivity contribution in [1.29, 1.82) is 0 Å². The normalized spacial score (nSPS) is 11.6. The van der Waals surface area contributed by atoms with Crippen molar-refractivity contribution < 1.29 is 33.3 Å². The SMILES string of the molecule is COc1cc(NC(=O)COC(=O)c2ccc3c(c2)OCO3)cc(OC)c1. The van der Waals surface area contributed by atoms with Gasteiger partial charge in [-0.3, -0.25) is 4.79 Å². The van der Waals surface area contributed by atoms with Crippen LogP contribution in [0.25, 0.3) is 0 Å². The fourth-order valence-electron chi connectivity index (χ4n) is 2.31. The summed E-state index contributed by atoms with van der Waals surface area (Å²) in [5.41, 5.74) is 0.732. The van der Waals surface area contributed by atoms with Crippen molar-refractivity contribution >= 4 is 17.6 Å². The van der Waals surface area contributed by atoms with E-state index in [-0.39, 0.29) is 12.4 Å². The molecule has 1 aliphatic rings. The number of rotatable bonds is 6. The van der Waals surface area contributed by atoms with Crippen molar-refractivity contribution in [3.8, 4) is 23.0 Å². The van der Waals surface area contributed by atoms with E-state index in [4.69, 9.17) is 23.7 Å². The van der Waals surface area contributed by atoms with Crippen LogP contribution < -0.4 is 24.3 Å². The van der Waals surface area contributed by atoms with Gasteiger partial charge in [0.2, 0.25) is 6.79 Å². The summed E-state index contributed by atoms with van der Waals surface area (Å²) in [6.07, 6.45) is 0. The van der Waals surface area contributed by atoms with Gasteiger partial charge in [-0.2, -0.15) is 0 Å². The molecule has 1 amide bonds. The van der Waals surface area contributed by atoms with E-state index in [0.717, 1.165) is 0 Å². The monoisotopic (exact) mass is 359 g/mol. The summed E-state index contributed by atoms with van der Waals surface area (Å²) in [5, 5.41) is 2.62. The Labute approximate surface area is 149 Å². The van der Waals surface area contributed by atoms with Gasteiger partial charge in [0.05, 0.1) is 19.8 Å². The molecular formula is C18H17NO7. The summed E-state index contributed by atoms with van der Waals surface area (Å²) in [7, 11) is 3.01. The van der Waals surface area contributed by atoms with Crippen molar-refractivity contribution in [3.05, 3.63) is 42.0 Å². The maximum Gasteiger partial charge on any atom is 0.338 e. The van der Waals surface area contributed by atoms with Crippen LogP contribution in [-0.2, 0) is 9.53 Å². The van der Waals surface area contributed by atoms with Gasteiger partial charge < -0.3 is 29.0 Å². The molecule has 0 saturated carbocycles. The fourth-order valence-corrected chi connectivity index (χ4v) is 2.31. The Morgan fingerprint density at radius 3 is 2.38 bits per heavy atom. The molecule has 0 bridgehead atoms. The van der Waals surface area contributed by atoms with E-state index in [0.29, 0.717) is 28.7 Å². The second-order valence-electron chi connectivity index (χ2n) is 5.29. The Bertz CT molecular complexity index is 812. The number of anilines is 1. The number of carbonyl (C=O) groups is 2. The zero-order valence-electron chi connectivity index (χ0n) is 14.2. The predicted molar refractivity (Wildman–Crippen MR) is 91.0 cm³/mol. The summed E-state index contributed by atoms with van der Waals surface area (Å²) in [6, 6.07) is 9.59. The van der Waals surface area contributed by atoms with Crippen molar-refractivity contribution in [2.45, 2.75) is 0 Å². The molecule has 0 radical (unpaired) electrons. The van der Waals surface area contributed by atoms with Crippen LogP contribution in [0, 0.1) is 0 Å². The molecule has 8 nitrogen and oxygen atoms in total. The lowest BCUT2D eigenvalue weighted by Gasteiger charge is -2.10. The van der Waals surface area contributed by atoms with Gasteiger partial charge >= 0.3 is 5.97 Å². The number of carbonyl (C=O) groups excluding carboxylic acids is 2. The van der Waals surface area contributed by atoms with Crippen LogP contribution in [0.5, 0.6) is 23.0 Å². The van der Waals surface area contributed by atoms with Crippen LogP contribution in [0.3, 0.4) is 0 Å². The molecule has 1 aliphatic heterocycles. The molecule has 0 atom stereocenters. The smallest absolute Gasteiger partial charge is 0.338 e. The topological polar surface area (TPSA) is 92.3 Å². The van der Waals surface area contributed by atoms with Crippen LogP contribution in [0.1, 0.15) is 10.4 Å². The molecule has 8 heteroatoms. The molecule has 26 heavy (non-hydrogen) atoms. The van der Waals surface area contributed by atoms with Gasteiger partial charge in [0, 0.05) is 23.9 Å². The maximum absolute atomic E-state index is 12.1. The van der Waals surface area contributed by atoms with Gasteiger partial charge in [-0.1, -0.05) is 0 Å². The predicted octanol–water partition coefficient (Wildman–Crippen LogP) is 2.23. The second-order valence-corrected chi connectivity index (χ2v) is 5.29. The first-order chi connectivity index (χ1) is 12.6. The number of methoxy groups -OCH3 is 2. The van der Waals surface area contributed by atoms with Crippen LogP contribution >= 0.6 is 0 Å². The molecule has 0 aromatic heterocycles. The molecule has 2 aromatic carbocycles. The molecule has 1 N–H and O–H groups in total. The zero-order valence-corrected chi connectivity index (χ0v) is 14.2. The van der Waals surface area contributed by atoms with Crippen LogP contribution in [0.15, 0.2) is 36.4 Å². The van der Waals surface area contributed by atoms with Crippen molar-refractivity contribution in [2.24, 2.45) is 0 Å². The quantitative estimate of drug-likeness (QED) is 0.791. The van der Waals surface area contributed by atoms with Crippen molar-refractivity contribution in [2.75, 3.05) is 32.9 Å². The summed E-state index contributed by atoms with van der Waals surface area (Å²) in [4.78, 5) is 24.1. The maximum atomic E-state index is 12.1. The minimum atomic E-state index is -0.637. The van der Waals surface area contributed by atoms with E-state index in [9.17, 15) is 9.59 Å². The van der Waals surface area contributed by atoms with E-state index in [2.05, 4.69) is 5.32 Å². The summed E-state index contributed by atoms with van der Waals surface area (Å²) in [6.45, 7) is -0.326. The summed E-state index contributed by atoms with van der Waals surface area (Å²) < 4.78 is 25.7. The van der Waals surface area contributed by atoms with E-state index in [1.54, 1.807) is 30.3 Å². The van der Waals surface area contributed by atoms with E-state index < -0.39 is 18.5 Å². The minimum absolute atomic E-state index is 0.111. The number of ether oxygens (including phenoxy) is 5. The average Bonchev–Trinajstić information content (AvgIpc) is 3.13. The van der Waals surface area contributed by atoms with E-state index >= 15 is 0 Å². The lowest BCUT2D eigenvalue weighted by molar-refractivity contribution is -0.119. The number of fused-ring (bicyclic) bond motifs is 1. The number of amides is 1. The third-order valence-electron chi connectivity index (χ3n) is 3.58. The number of esters is 1. The number of benzene rings is 2. The van der Waals surface area contributed by atoms with E-state index in [1.807, 2.05) is 0 Å². The first-order valence-electron chi connectivity index (χ1n) is 7.69. The Balaban J connectivity index is 1.58. The van der Waals surface area contributed by atoms with Crippen molar-refractivity contribution in [3.63, 3.8) is 0 Å². The molecule has 0 aliphatic carbocycles. The lowest BCUT2D eigenvalue weighted by Crippen LogP contribution is -2.21. The Morgan fingerprint density at radius 2 is 1.69 bits per heavy atom. The average molecular weight is 359 g/mol. The van der Waals surface area contributed by atoms with Crippen LogP contribution in [0.2, 0.25) is 0 Å². The standard InChI is InChI=1S/C18H17NO7/c1-22-13-6-12(7-14(8-13)23-2)19-17(20)9-24-18(21)11-3-4-15-16(5-11)26-10-25-15/h3-8H,9-10H2,1-2H3,(H,19,20). The minimum Gasteiger partial charge on any atom is -0.497 e. The highest BCUT2D eigenvalue weighted by Gasteiger charge is 2.17. The molecule has 0 spiro atoms. The van der Waals surface area contributed by atoms with E-state index in [1.165, 1.54) is 20.3 Å². The highest BCUT2D eigenvalue weighted by Crippen LogP contribution is 2.32. The molecular weight excluding hydrogens is 342 g/mol. The first-order valence-corrected chi connectivity index (χ1v) is 7.69. The second kappa shape index (κ2) is 7.64. The van der Waals surface area contributed by atoms with Crippen LogP contribution in [0.4, 0.5) is 5.69 Å². The fraction of sp³-hybridized carbons (Fsp3) is 0.222. The molecule has 3 rings (SSSR count). The number of nitrogens with one attached hydrogen (secondary N) is 1. The highest BCUT2D eigenvalue weighted by molar-refractivity contribution is 5.96. The lowest BCUT2D eigenvalue weighted by atomic mass is 10.2. The Morgan fingerprint density at radius 1 is 1.00 bits per heavy atom. The van der Waals surface area contributed by atoms with Gasteiger partial charge in [0.1, 0.15) is 11.5 Å². The van der Waals surface area contributed by atoms with Gasteiger partial charge in [0.25, 0.3) is 5.91 Å². The number of hydrogen-bond donors (Lipinski definition) is 1. The summed E-state index contributed by atoms with van der Waals surface area (Å²) >= 11 is 0. The van der Waals surface area contributed by atoms with Crippen LogP contribution in [-0.4, -0.2) is 39.5 Å². The van der Waals surface area contributed by atoms with Crippen molar-refractivity contribution in [1.82, 2.24) is 0 Å².